The molecule has 1 aromatic carbocycles. The van der Waals surface area contributed by atoms with Crippen molar-refractivity contribution in [3.63, 3.8) is 0 Å². The highest BCUT2D eigenvalue weighted by atomic mass is 32.1. The molecule has 0 saturated carbocycles. The molecule has 3 nitrogen and oxygen atoms in total. The van der Waals surface area contributed by atoms with Gasteiger partial charge in [0.05, 0.1) is 12.7 Å². The lowest BCUT2D eigenvalue weighted by Crippen LogP contribution is -2.19. The molecule has 0 radical (unpaired) electrons. The molecule has 0 aliphatic heterocycles. The van der Waals surface area contributed by atoms with E-state index in [0.717, 1.165) is 0 Å². The Balaban J connectivity index is 2.94. The van der Waals surface area contributed by atoms with E-state index in [2.05, 4.69) is 12.6 Å². The van der Waals surface area contributed by atoms with Crippen molar-refractivity contribution in [2.45, 2.75) is 19.1 Å². The molecule has 1 aromatic rings. The quantitative estimate of drug-likeness (QED) is 0.691. The van der Waals surface area contributed by atoms with E-state index in [0.29, 0.717) is 12.4 Å². The minimum Gasteiger partial charge on any atom is -0.494 e. The van der Waals surface area contributed by atoms with Crippen molar-refractivity contribution >= 4 is 12.6 Å². The number of halogens is 1. The van der Waals surface area contributed by atoms with Crippen molar-refractivity contribution in [3.05, 3.63) is 29.6 Å². The standard InChI is InChI=1S/C11H15FO3S/c1-2-15-9-4-7(3-8(12)5-9)11(14)10(13)6-16/h3-5,10-11,13-14,16H,2,6H2,1H3. The second-order valence-electron chi connectivity index (χ2n) is 3.35. The fourth-order valence-corrected chi connectivity index (χ4v) is 1.53. The van der Waals surface area contributed by atoms with E-state index in [1.54, 1.807) is 6.92 Å². The van der Waals surface area contributed by atoms with Crippen molar-refractivity contribution in [2.24, 2.45) is 0 Å². The van der Waals surface area contributed by atoms with Crippen molar-refractivity contribution in [1.82, 2.24) is 0 Å². The van der Waals surface area contributed by atoms with Gasteiger partial charge in [-0.1, -0.05) is 0 Å². The molecule has 5 heteroatoms. The van der Waals surface area contributed by atoms with E-state index in [4.69, 9.17) is 4.74 Å². The number of hydrogen-bond acceptors (Lipinski definition) is 4. The highest BCUT2D eigenvalue weighted by Gasteiger charge is 2.18. The van der Waals surface area contributed by atoms with Crippen LogP contribution >= 0.6 is 12.6 Å². The molecule has 0 saturated heterocycles. The molecule has 1 rings (SSSR count). The lowest BCUT2D eigenvalue weighted by atomic mass is 10.0. The van der Waals surface area contributed by atoms with E-state index in [-0.39, 0.29) is 11.3 Å². The van der Waals surface area contributed by atoms with Gasteiger partial charge in [0.1, 0.15) is 17.7 Å². The van der Waals surface area contributed by atoms with Gasteiger partial charge in [0, 0.05) is 11.8 Å². The van der Waals surface area contributed by atoms with E-state index in [1.165, 1.54) is 18.2 Å². The molecule has 2 N–H and O–H groups in total. The van der Waals surface area contributed by atoms with Crippen LogP contribution in [0.4, 0.5) is 4.39 Å². The Morgan fingerprint density at radius 3 is 2.62 bits per heavy atom. The van der Waals surface area contributed by atoms with Crippen molar-refractivity contribution in [2.75, 3.05) is 12.4 Å². The smallest absolute Gasteiger partial charge is 0.127 e. The summed E-state index contributed by atoms with van der Waals surface area (Å²) in [5.41, 5.74) is 0.282. The molecule has 0 spiro atoms. The van der Waals surface area contributed by atoms with Gasteiger partial charge in [0.2, 0.25) is 0 Å². The minimum absolute atomic E-state index is 0.0989. The van der Waals surface area contributed by atoms with Gasteiger partial charge in [-0.2, -0.15) is 12.6 Å². The van der Waals surface area contributed by atoms with E-state index in [9.17, 15) is 14.6 Å². The van der Waals surface area contributed by atoms with Crippen LogP contribution in [0.25, 0.3) is 0 Å². The van der Waals surface area contributed by atoms with Crippen LogP contribution in [0.3, 0.4) is 0 Å². The lowest BCUT2D eigenvalue weighted by Gasteiger charge is -2.17. The summed E-state index contributed by atoms with van der Waals surface area (Å²) in [6.07, 6.45) is -2.19. The first kappa shape index (κ1) is 13.3. The van der Waals surface area contributed by atoms with Crippen molar-refractivity contribution in [3.8, 4) is 5.75 Å². The molecule has 2 unspecified atom stereocenters. The summed E-state index contributed by atoms with van der Waals surface area (Å²) in [5.74, 6) is -0.0731. The summed E-state index contributed by atoms with van der Waals surface area (Å²) in [5, 5.41) is 19.1. The van der Waals surface area contributed by atoms with Crippen LogP contribution in [-0.4, -0.2) is 28.7 Å². The molecule has 90 valence electrons. The SMILES string of the molecule is CCOc1cc(F)cc(C(O)C(O)CS)c1. The summed E-state index contributed by atoms with van der Waals surface area (Å²) in [7, 11) is 0. The molecule has 0 fully saturated rings. The average molecular weight is 246 g/mol. The zero-order valence-electron chi connectivity index (χ0n) is 8.93. The van der Waals surface area contributed by atoms with Crippen LogP contribution in [0.2, 0.25) is 0 Å². The Morgan fingerprint density at radius 2 is 2.06 bits per heavy atom. The summed E-state index contributed by atoms with van der Waals surface area (Å²) in [6.45, 7) is 2.19. The van der Waals surface area contributed by atoms with Crippen LogP contribution in [0.15, 0.2) is 18.2 Å². The van der Waals surface area contributed by atoms with Gasteiger partial charge in [-0.25, -0.2) is 4.39 Å². The monoisotopic (exact) mass is 246 g/mol. The fraction of sp³-hybridized carbons (Fsp3) is 0.455. The molecule has 0 aliphatic rings. The summed E-state index contributed by atoms with van der Waals surface area (Å²) >= 11 is 3.86. The maximum Gasteiger partial charge on any atom is 0.127 e. The number of thiol groups is 1. The third-order valence-corrected chi connectivity index (χ3v) is 2.47. The molecule has 0 amide bonds. The molecule has 2 atom stereocenters. The molecule has 0 aromatic heterocycles. The van der Waals surface area contributed by atoms with Gasteiger partial charge in [-0.15, -0.1) is 0 Å². The minimum atomic E-state index is -1.16. The zero-order chi connectivity index (χ0) is 12.1. The molecule has 0 bridgehead atoms. The Hall–Kier alpha value is -0.780. The van der Waals surface area contributed by atoms with Crippen LogP contribution in [0.5, 0.6) is 5.75 Å². The Labute approximate surface area is 99.3 Å². The normalized spacial score (nSPS) is 14.6. The predicted molar refractivity (Wildman–Crippen MR) is 62.4 cm³/mol. The van der Waals surface area contributed by atoms with Crippen LogP contribution in [0, 0.1) is 5.82 Å². The second kappa shape index (κ2) is 6.08. The Kier molecular flexibility index (Phi) is 5.05. The predicted octanol–water partition coefficient (Wildman–Crippen LogP) is 1.55. The number of benzene rings is 1. The number of ether oxygens (including phenoxy) is 1. The van der Waals surface area contributed by atoms with Gasteiger partial charge in [-0.05, 0) is 24.6 Å². The first-order valence-electron chi connectivity index (χ1n) is 4.98. The third-order valence-electron chi connectivity index (χ3n) is 2.10. The lowest BCUT2D eigenvalue weighted by molar-refractivity contribution is 0.0334. The first-order chi connectivity index (χ1) is 7.58. The zero-order valence-corrected chi connectivity index (χ0v) is 9.82. The van der Waals surface area contributed by atoms with Gasteiger partial charge in [0.25, 0.3) is 0 Å². The Morgan fingerprint density at radius 1 is 1.38 bits per heavy atom. The molecule has 0 aliphatic carbocycles. The van der Waals surface area contributed by atoms with E-state index in [1.807, 2.05) is 0 Å². The number of aliphatic hydroxyl groups is 2. The average Bonchev–Trinajstić information content (AvgIpc) is 2.26. The summed E-state index contributed by atoms with van der Waals surface area (Å²) in [6, 6.07) is 3.90. The fourth-order valence-electron chi connectivity index (χ4n) is 1.33. The van der Waals surface area contributed by atoms with Gasteiger partial charge in [0.15, 0.2) is 0 Å². The maximum absolute atomic E-state index is 13.2. The Bertz CT molecular complexity index is 346. The van der Waals surface area contributed by atoms with Crippen LogP contribution < -0.4 is 4.74 Å². The molecule has 0 heterocycles. The number of hydrogen-bond donors (Lipinski definition) is 3. The van der Waals surface area contributed by atoms with Gasteiger partial charge in [-0.3, -0.25) is 0 Å². The third kappa shape index (κ3) is 3.37. The van der Waals surface area contributed by atoms with Crippen LogP contribution in [0.1, 0.15) is 18.6 Å². The number of aliphatic hydroxyl groups excluding tert-OH is 2. The van der Waals surface area contributed by atoms with Crippen molar-refractivity contribution < 1.29 is 19.3 Å². The van der Waals surface area contributed by atoms with Crippen LogP contribution in [-0.2, 0) is 0 Å². The molecular weight excluding hydrogens is 231 g/mol. The molecular formula is C11H15FO3S. The van der Waals surface area contributed by atoms with Crippen molar-refractivity contribution in [1.29, 1.82) is 0 Å². The highest BCUT2D eigenvalue weighted by molar-refractivity contribution is 7.80. The summed E-state index contributed by atoms with van der Waals surface area (Å²) in [4.78, 5) is 0. The van der Waals surface area contributed by atoms with Gasteiger partial charge >= 0.3 is 0 Å². The number of rotatable bonds is 5. The topological polar surface area (TPSA) is 49.7 Å². The maximum atomic E-state index is 13.2. The second-order valence-corrected chi connectivity index (χ2v) is 3.71. The summed E-state index contributed by atoms with van der Waals surface area (Å²) < 4.78 is 18.3. The highest BCUT2D eigenvalue weighted by Crippen LogP contribution is 2.24. The largest absolute Gasteiger partial charge is 0.494 e. The molecule has 16 heavy (non-hydrogen) atoms. The van der Waals surface area contributed by atoms with E-state index >= 15 is 0 Å². The first-order valence-corrected chi connectivity index (χ1v) is 5.62. The van der Waals surface area contributed by atoms with Gasteiger partial charge < -0.3 is 14.9 Å². The van der Waals surface area contributed by atoms with E-state index < -0.39 is 18.0 Å².